The normalized spacial score (nSPS) is 15.6. The van der Waals surface area contributed by atoms with Crippen LogP contribution in [0.1, 0.15) is 46.5 Å². The van der Waals surface area contributed by atoms with Gasteiger partial charge in [0.2, 0.25) is 11.9 Å². The number of hydrogen-bond acceptors (Lipinski definition) is 5. The van der Waals surface area contributed by atoms with Crippen LogP contribution in [0.2, 0.25) is 0 Å². The maximum atomic E-state index is 12.5. The number of piperidine rings is 1. The van der Waals surface area contributed by atoms with E-state index in [0.29, 0.717) is 12.5 Å². The number of thioether (sulfide) groups is 1. The summed E-state index contributed by atoms with van der Waals surface area (Å²) in [6.45, 7) is 8.97. The van der Waals surface area contributed by atoms with Crippen LogP contribution in [0.15, 0.2) is 35.5 Å². The molecular formula is C21H31N5OS. The Hall–Kier alpha value is -2.02. The molecule has 1 fully saturated rings. The van der Waals surface area contributed by atoms with E-state index >= 15 is 0 Å². The fourth-order valence-electron chi connectivity index (χ4n) is 3.28. The molecule has 2 heterocycles. The van der Waals surface area contributed by atoms with E-state index in [0.717, 1.165) is 36.3 Å². The van der Waals surface area contributed by atoms with Crippen LogP contribution in [0.5, 0.6) is 0 Å². The average molecular weight is 402 g/mol. The number of anilines is 1. The van der Waals surface area contributed by atoms with E-state index in [1.807, 2.05) is 25.1 Å². The molecule has 1 unspecified atom stereocenters. The van der Waals surface area contributed by atoms with Gasteiger partial charge in [0.25, 0.3) is 0 Å². The summed E-state index contributed by atoms with van der Waals surface area (Å²) in [5, 5.41) is 12.5. The number of carbonyl (C=O) groups excluding carboxylic acids is 1. The summed E-state index contributed by atoms with van der Waals surface area (Å²) >= 11 is 1.47. The lowest BCUT2D eigenvalue weighted by molar-refractivity contribution is -0.120. The Balaban J connectivity index is 1.78. The molecule has 1 aliphatic heterocycles. The predicted molar refractivity (Wildman–Crippen MR) is 115 cm³/mol. The molecule has 1 atom stereocenters. The molecule has 1 amide bonds. The highest BCUT2D eigenvalue weighted by molar-refractivity contribution is 8.00. The third-order valence-corrected chi connectivity index (χ3v) is 5.98. The lowest BCUT2D eigenvalue weighted by Crippen LogP contribution is -2.33. The number of aromatic nitrogens is 3. The van der Waals surface area contributed by atoms with Crippen molar-refractivity contribution in [2.24, 2.45) is 5.92 Å². The summed E-state index contributed by atoms with van der Waals surface area (Å²) in [7, 11) is 0. The Morgan fingerprint density at radius 3 is 2.50 bits per heavy atom. The molecule has 3 rings (SSSR count). The molecule has 6 nitrogen and oxygen atoms in total. The quantitative estimate of drug-likeness (QED) is 0.680. The van der Waals surface area contributed by atoms with Crippen molar-refractivity contribution in [2.75, 3.05) is 24.5 Å². The summed E-state index contributed by atoms with van der Waals surface area (Å²) in [5.74, 6) is 1.50. The highest BCUT2D eigenvalue weighted by Crippen LogP contribution is 2.30. The van der Waals surface area contributed by atoms with E-state index in [9.17, 15) is 4.79 Å². The van der Waals surface area contributed by atoms with Gasteiger partial charge in [-0.25, -0.2) is 0 Å². The lowest BCUT2D eigenvalue weighted by atomic mass is 10.1. The van der Waals surface area contributed by atoms with E-state index < -0.39 is 0 Å². The van der Waals surface area contributed by atoms with Crippen LogP contribution in [0.3, 0.4) is 0 Å². The van der Waals surface area contributed by atoms with E-state index in [-0.39, 0.29) is 11.2 Å². The van der Waals surface area contributed by atoms with Crippen molar-refractivity contribution in [2.45, 2.75) is 56.9 Å². The van der Waals surface area contributed by atoms with Gasteiger partial charge in [-0.3, -0.25) is 9.36 Å². The fraction of sp³-hybridized carbons (Fsp3) is 0.571. The van der Waals surface area contributed by atoms with Gasteiger partial charge in [-0.1, -0.05) is 43.8 Å². The molecule has 1 N–H and O–H groups in total. The highest BCUT2D eigenvalue weighted by Gasteiger charge is 2.24. The molecule has 0 aliphatic carbocycles. The van der Waals surface area contributed by atoms with E-state index in [4.69, 9.17) is 0 Å². The van der Waals surface area contributed by atoms with Gasteiger partial charge in [0, 0.05) is 19.6 Å². The number of carbonyl (C=O) groups is 1. The summed E-state index contributed by atoms with van der Waals surface area (Å²) in [4.78, 5) is 14.8. The summed E-state index contributed by atoms with van der Waals surface area (Å²) in [5.41, 5.74) is 1.03. The standard InChI is InChI=1S/C21H31N5OS/c1-16(2)12-13-22-19(27)17(3)28-21-24-23-20(25-14-8-5-9-15-25)26(21)18-10-6-4-7-11-18/h4,6-7,10-11,16-17H,5,8-9,12-15H2,1-3H3,(H,22,27). The first-order valence-electron chi connectivity index (χ1n) is 10.3. The number of hydrogen-bond donors (Lipinski definition) is 1. The third-order valence-electron chi connectivity index (χ3n) is 4.94. The van der Waals surface area contributed by atoms with Crippen LogP contribution in [-0.4, -0.2) is 45.6 Å². The van der Waals surface area contributed by atoms with Gasteiger partial charge in [0.15, 0.2) is 5.16 Å². The van der Waals surface area contributed by atoms with Crippen molar-refractivity contribution in [3.8, 4) is 5.69 Å². The topological polar surface area (TPSA) is 63.1 Å². The SMILES string of the molecule is CC(C)CCNC(=O)C(C)Sc1nnc(N2CCCCC2)n1-c1ccccc1. The Bertz CT molecular complexity index is 755. The van der Waals surface area contributed by atoms with E-state index in [1.54, 1.807) is 0 Å². The van der Waals surface area contributed by atoms with Crippen LogP contribution in [-0.2, 0) is 4.79 Å². The van der Waals surface area contributed by atoms with Crippen LogP contribution < -0.4 is 10.2 Å². The Morgan fingerprint density at radius 2 is 1.82 bits per heavy atom. The Kier molecular flexibility index (Phi) is 7.36. The molecule has 1 aromatic carbocycles. The number of nitrogens with one attached hydrogen (secondary N) is 1. The molecule has 0 bridgehead atoms. The number of rotatable bonds is 8. The predicted octanol–water partition coefficient (Wildman–Crippen LogP) is 3.90. The maximum Gasteiger partial charge on any atom is 0.233 e. The van der Waals surface area contributed by atoms with Crippen molar-refractivity contribution in [3.05, 3.63) is 30.3 Å². The molecule has 0 radical (unpaired) electrons. The zero-order valence-electron chi connectivity index (χ0n) is 17.1. The second-order valence-corrected chi connectivity index (χ2v) is 9.04. The molecule has 28 heavy (non-hydrogen) atoms. The van der Waals surface area contributed by atoms with Gasteiger partial charge in [-0.15, -0.1) is 10.2 Å². The molecule has 0 spiro atoms. The van der Waals surface area contributed by atoms with Crippen molar-refractivity contribution in [3.63, 3.8) is 0 Å². The number of benzene rings is 1. The first-order valence-corrected chi connectivity index (χ1v) is 11.1. The van der Waals surface area contributed by atoms with Crippen molar-refractivity contribution in [1.82, 2.24) is 20.1 Å². The monoisotopic (exact) mass is 401 g/mol. The first-order chi connectivity index (χ1) is 13.6. The molecule has 0 saturated carbocycles. The maximum absolute atomic E-state index is 12.5. The smallest absolute Gasteiger partial charge is 0.233 e. The Labute approximate surface area is 172 Å². The minimum absolute atomic E-state index is 0.0489. The summed E-state index contributed by atoms with van der Waals surface area (Å²) in [6.07, 6.45) is 4.62. The molecule has 1 aliphatic rings. The zero-order chi connectivity index (χ0) is 19.9. The fourth-order valence-corrected chi connectivity index (χ4v) is 4.17. The van der Waals surface area contributed by atoms with Crippen molar-refractivity contribution in [1.29, 1.82) is 0 Å². The highest BCUT2D eigenvalue weighted by atomic mass is 32.2. The first kappa shape index (κ1) is 20.7. The number of para-hydroxylation sites is 1. The lowest BCUT2D eigenvalue weighted by Gasteiger charge is -2.28. The van der Waals surface area contributed by atoms with E-state index in [1.165, 1.54) is 31.0 Å². The molecular weight excluding hydrogens is 370 g/mol. The zero-order valence-corrected chi connectivity index (χ0v) is 17.9. The molecule has 2 aromatic rings. The molecule has 152 valence electrons. The summed E-state index contributed by atoms with van der Waals surface area (Å²) in [6, 6.07) is 10.2. The molecule has 1 aromatic heterocycles. The van der Waals surface area contributed by atoms with Gasteiger partial charge < -0.3 is 10.2 Å². The van der Waals surface area contributed by atoms with Crippen LogP contribution >= 0.6 is 11.8 Å². The second kappa shape index (κ2) is 9.96. The third kappa shape index (κ3) is 5.28. The van der Waals surface area contributed by atoms with Gasteiger partial charge in [0.1, 0.15) is 0 Å². The van der Waals surface area contributed by atoms with Crippen LogP contribution in [0.4, 0.5) is 5.95 Å². The minimum atomic E-state index is -0.229. The Morgan fingerprint density at radius 1 is 1.11 bits per heavy atom. The van der Waals surface area contributed by atoms with Gasteiger partial charge >= 0.3 is 0 Å². The second-order valence-electron chi connectivity index (χ2n) is 7.73. The van der Waals surface area contributed by atoms with Gasteiger partial charge in [0.05, 0.1) is 10.9 Å². The van der Waals surface area contributed by atoms with Gasteiger partial charge in [-0.2, -0.15) is 0 Å². The molecule has 1 saturated heterocycles. The minimum Gasteiger partial charge on any atom is -0.355 e. The van der Waals surface area contributed by atoms with Crippen LogP contribution in [0, 0.1) is 5.92 Å². The number of amides is 1. The van der Waals surface area contributed by atoms with Gasteiger partial charge in [-0.05, 0) is 50.7 Å². The van der Waals surface area contributed by atoms with Crippen molar-refractivity contribution >= 4 is 23.6 Å². The van der Waals surface area contributed by atoms with Crippen LogP contribution in [0.25, 0.3) is 5.69 Å². The van der Waals surface area contributed by atoms with Crippen molar-refractivity contribution < 1.29 is 4.79 Å². The number of nitrogens with zero attached hydrogens (tertiary/aromatic N) is 4. The summed E-state index contributed by atoms with van der Waals surface area (Å²) < 4.78 is 2.09. The largest absolute Gasteiger partial charge is 0.355 e. The average Bonchev–Trinajstić information content (AvgIpc) is 3.12. The molecule has 7 heteroatoms. The van der Waals surface area contributed by atoms with E-state index in [2.05, 4.69) is 51.0 Å².